The SMILES string of the molecule is CCOc1ccc(C(F)(F)Oc2ccc(OCCCCCCCCC(C)CCCCCCCCOc3ccc(OC(F)(F)c4ccc(C)c(F)c4F)cc3)cc2)c(F)c1F. The van der Waals surface area contributed by atoms with Gasteiger partial charge < -0.3 is 23.7 Å². The summed E-state index contributed by atoms with van der Waals surface area (Å²) < 4.78 is 140. The van der Waals surface area contributed by atoms with Gasteiger partial charge in [0, 0.05) is 0 Å². The monoisotopic (exact) mass is 852 g/mol. The lowest BCUT2D eigenvalue weighted by Crippen LogP contribution is -2.24. The Morgan fingerprint density at radius 2 is 0.833 bits per heavy atom. The molecule has 4 aromatic rings. The van der Waals surface area contributed by atoms with Gasteiger partial charge in [-0.15, -0.1) is 0 Å². The molecular weight excluding hydrogens is 796 g/mol. The lowest BCUT2D eigenvalue weighted by atomic mass is 9.96. The van der Waals surface area contributed by atoms with Crippen LogP contribution in [0.25, 0.3) is 0 Å². The molecule has 13 heteroatoms. The van der Waals surface area contributed by atoms with Gasteiger partial charge in [0.25, 0.3) is 0 Å². The van der Waals surface area contributed by atoms with Gasteiger partial charge in [-0.1, -0.05) is 90.0 Å². The van der Waals surface area contributed by atoms with Crippen molar-refractivity contribution in [1.82, 2.24) is 0 Å². The fraction of sp³-hybridized carbons (Fsp3) is 0.489. The molecule has 60 heavy (non-hydrogen) atoms. The molecule has 0 fully saturated rings. The van der Waals surface area contributed by atoms with Crippen molar-refractivity contribution in [2.45, 2.75) is 123 Å². The van der Waals surface area contributed by atoms with Crippen LogP contribution in [0.1, 0.15) is 120 Å². The highest BCUT2D eigenvalue weighted by Gasteiger charge is 2.40. The number of hydrogen-bond acceptors (Lipinski definition) is 5. The zero-order valence-corrected chi connectivity index (χ0v) is 34.6. The minimum absolute atomic E-state index is 0.0560. The summed E-state index contributed by atoms with van der Waals surface area (Å²) in [4.78, 5) is 0. The number of alkyl halides is 4. The smallest absolute Gasteiger partial charge is 0.429 e. The van der Waals surface area contributed by atoms with Crippen LogP contribution in [0.15, 0.2) is 72.8 Å². The Bertz CT molecular complexity index is 1870. The molecule has 5 nitrogen and oxygen atoms in total. The normalized spacial score (nSPS) is 12.3. The Labute approximate surface area is 348 Å². The number of unbranched alkanes of at least 4 members (excludes halogenated alkanes) is 10. The van der Waals surface area contributed by atoms with E-state index in [0.29, 0.717) is 30.6 Å². The molecular formula is C47H56F8O5. The Kier molecular flexibility index (Phi) is 19.1. The number of ether oxygens (including phenoxy) is 5. The molecule has 0 N–H and O–H groups in total. The summed E-state index contributed by atoms with van der Waals surface area (Å²) in [5.74, 6) is -5.35. The second-order valence-electron chi connectivity index (χ2n) is 15.0. The molecule has 0 aliphatic carbocycles. The van der Waals surface area contributed by atoms with Crippen LogP contribution in [0.3, 0.4) is 0 Å². The highest BCUT2D eigenvalue weighted by atomic mass is 19.3. The molecule has 4 aromatic carbocycles. The maximum atomic E-state index is 14.6. The molecule has 0 radical (unpaired) electrons. The minimum Gasteiger partial charge on any atom is -0.494 e. The quantitative estimate of drug-likeness (QED) is 0.0421. The van der Waals surface area contributed by atoms with E-state index in [2.05, 4.69) is 11.7 Å². The number of benzene rings is 4. The second kappa shape index (κ2) is 23.9. The average molecular weight is 853 g/mol. The highest BCUT2D eigenvalue weighted by Crippen LogP contribution is 2.37. The van der Waals surface area contributed by atoms with E-state index in [4.69, 9.17) is 18.9 Å². The van der Waals surface area contributed by atoms with Gasteiger partial charge >= 0.3 is 12.2 Å². The summed E-state index contributed by atoms with van der Waals surface area (Å²) in [6.07, 6.45) is 7.44. The van der Waals surface area contributed by atoms with Crippen LogP contribution in [-0.4, -0.2) is 19.8 Å². The van der Waals surface area contributed by atoms with Crippen molar-refractivity contribution in [1.29, 1.82) is 0 Å². The largest absolute Gasteiger partial charge is 0.494 e. The molecule has 0 bridgehead atoms. The summed E-state index contributed by atoms with van der Waals surface area (Å²) in [5, 5.41) is 0. The third-order valence-corrected chi connectivity index (χ3v) is 10.1. The summed E-state index contributed by atoms with van der Waals surface area (Å²) >= 11 is 0. The van der Waals surface area contributed by atoms with E-state index in [1.165, 1.54) is 94.0 Å². The van der Waals surface area contributed by atoms with Gasteiger partial charge in [0.15, 0.2) is 23.2 Å². The fourth-order valence-corrected chi connectivity index (χ4v) is 6.64. The van der Waals surface area contributed by atoms with Crippen LogP contribution in [0.4, 0.5) is 35.1 Å². The molecule has 4 rings (SSSR count). The van der Waals surface area contributed by atoms with E-state index in [0.717, 1.165) is 75.6 Å². The number of rotatable bonds is 28. The zero-order chi connectivity index (χ0) is 43.5. The van der Waals surface area contributed by atoms with Crippen LogP contribution < -0.4 is 23.7 Å². The molecule has 330 valence electrons. The standard InChI is InChI=1S/C47H56F8O5/c1-4-56-41-30-29-40(44(50)45(41)51)47(54,55)60-38-26-22-36(23-27-38)58-32-16-12-8-6-10-14-18-33(2)17-13-9-5-7-11-15-31-57-35-20-24-37(25-21-35)59-46(52,53)39-28-19-34(3)42(48)43(39)49/h19-30,33H,4-18,31-32H2,1-3H3. The van der Waals surface area contributed by atoms with Crippen LogP contribution in [-0.2, 0) is 12.2 Å². The van der Waals surface area contributed by atoms with E-state index in [1.807, 2.05) is 0 Å². The Morgan fingerprint density at radius 1 is 0.450 bits per heavy atom. The first-order valence-corrected chi connectivity index (χ1v) is 20.9. The van der Waals surface area contributed by atoms with E-state index >= 15 is 0 Å². The van der Waals surface area contributed by atoms with Crippen molar-refractivity contribution in [3.05, 3.63) is 113 Å². The predicted molar refractivity (Wildman–Crippen MR) is 215 cm³/mol. The van der Waals surface area contributed by atoms with Crippen molar-refractivity contribution in [3.63, 3.8) is 0 Å². The van der Waals surface area contributed by atoms with Gasteiger partial charge in [0.1, 0.15) is 34.1 Å². The van der Waals surface area contributed by atoms with Crippen LogP contribution in [0.5, 0.6) is 28.7 Å². The van der Waals surface area contributed by atoms with Crippen LogP contribution in [0.2, 0.25) is 0 Å². The van der Waals surface area contributed by atoms with E-state index in [9.17, 15) is 35.1 Å². The lowest BCUT2D eigenvalue weighted by Gasteiger charge is -2.20. The van der Waals surface area contributed by atoms with E-state index in [1.54, 1.807) is 6.92 Å². The summed E-state index contributed by atoms with van der Waals surface area (Å²) in [7, 11) is 0. The minimum atomic E-state index is -4.10. The van der Waals surface area contributed by atoms with Gasteiger partial charge in [-0.3, -0.25) is 0 Å². The van der Waals surface area contributed by atoms with Gasteiger partial charge in [-0.25, -0.2) is 13.2 Å². The first-order chi connectivity index (χ1) is 28.7. The molecule has 1 atom stereocenters. The Morgan fingerprint density at radius 3 is 1.28 bits per heavy atom. The number of aryl methyl sites for hydroxylation is 1. The second-order valence-corrected chi connectivity index (χ2v) is 15.0. The maximum absolute atomic E-state index is 14.6. The predicted octanol–water partition coefficient (Wildman–Crippen LogP) is 14.8. The van der Waals surface area contributed by atoms with Crippen molar-refractivity contribution < 1.29 is 58.8 Å². The molecule has 0 saturated heterocycles. The maximum Gasteiger partial charge on any atom is 0.429 e. The fourth-order valence-electron chi connectivity index (χ4n) is 6.64. The summed E-state index contributed by atoms with van der Waals surface area (Å²) in [6, 6.07) is 14.8. The van der Waals surface area contributed by atoms with E-state index in [-0.39, 0.29) is 23.7 Å². The third kappa shape index (κ3) is 15.1. The van der Waals surface area contributed by atoms with Crippen LogP contribution in [0, 0.1) is 36.1 Å². The molecule has 0 aliphatic heterocycles. The molecule has 0 saturated carbocycles. The molecule has 0 amide bonds. The Hall–Kier alpha value is -4.68. The topological polar surface area (TPSA) is 46.2 Å². The van der Waals surface area contributed by atoms with E-state index < -0.39 is 52.4 Å². The lowest BCUT2D eigenvalue weighted by molar-refractivity contribution is -0.188. The van der Waals surface area contributed by atoms with Gasteiger partial charge in [0.2, 0.25) is 5.82 Å². The van der Waals surface area contributed by atoms with Gasteiger partial charge in [-0.05, 0) is 105 Å². The average Bonchev–Trinajstić information content (AvgIpc) is 3.21. The van der Waals surface area contributed by atoms with Crippen molar-refractivity contribution in [2.24, 2.45) is 5.92 Å². The molecule has 0 aliphatic rings. The zero-order valence-electron chi connectivity index (χ0n) is 34.6. The summed E-state index contributed by atoms with van der Waals surface area (Å²) in [5.41, 5.74) is -2.46. The number of hydrogen-bond donors (Lipinski definition) is 0. The van der Waals surface area contributed by atoms with Crippen molar-refractivity contribution in [3.8, 4) is 28.7 Å². The van der Waals surface area contributed by atoms with Crippen molar-refractivity contribution >= 4 is 0 Å². The first kappa shape index (κ1) is 48.0. The third-order valence-electron chi connectivity index (χ3n) is 10.1. The van der Waals surface area contributed by atoms with Crippen molar-refractivity contribution in [2.75, 3.05) is 19.8 Å². The van der Waals surface area contributed by atoms with Crippen LogP contribution >= 0.6 is 0 Å². The molecule has 0 aromatic heterocycles. The Balaban J connectivity index is 0.950. The van der Waals surface area contributed by atoms with Gasteiger partial charge in [-0.2, -0.15) is 22.0 Å². The van der Waals surface area contributed by atoms with Gasteiger partial charge in [0.05, 0.1) is 19.8 Å². The molecule has 0 spiro atoms. The first-order valence-electron chi connectivity index (χ1n) is 20.9. The summed E-state index contributed by atoms with van der Waals surface area (Å²) in [6.45, 7) is 6.21. The number of halogens is 8. The highest BCUT2D eigenvalue weighted by molar-refractivity contribution is 5.36. The molecule has 1 unspecified atom stereocenters. The molecule has 0 heterocycles.